The molecule has 2 unspecified atom stereocenters. The zero-order valence-electron chi connectivity index (χ0n) is 10.3. The van der Waals surface area contributed by atoms with Crippen molar-refractivity contribution in [3.8, 4) is 0 Å². The Hall–Kier alpha value is -0.540. The topological polar surface area (TPSA) is 12.0 Å². The fourth-order valence-corrected chi connectivity index (χ4v) is 2.92. The Morgan fingerprint density at radius 1 is 1.06 bits per heavy atom. The van der Waals surface area contributed by atoms with E-state index in [9.17, 15) is 0 Å². The van der Waals surface area contributed by atoms with E-state index in [1.807, 2.05) is 18.2 Å². The lowest BCUT2D eigenvalue weighted by Crippen LogP contribution is -2.21. The van der Waals surface area contributed by atoms with Crippen LogP contribution in [0, 0.1) is 0 Å². The second-order valence-electron chi connectivity index (χ2n) is 4.30. The van der Waals surface area contributed by atoms with Crippen molar-refractivity contribution in [2.75, 3.05) is 0 Å². The molecule has 2 rings (SSSR count). The molecular weight excluding hydrogens is 285 g/mol. The Morgan fingerprint density at radius 2 is 1.83 bits per heavy atom. The van der Waals surface area contributed by atoms with E-state index < -0.39 is 0 Å². The minimum Gasteiger partial charge on any atom is -0.303 e. The van der Waals surface area contributed by atoms with Gasteiger partial charge in [0.2, 0.25) is 0 Å². The standard InChI is InChI=1S/C14H15Cl2NS/c1-9(11-5-6-12(15)13(16)8-11)17-10(2)14-4-3-7-18-14/h3-10,17H,1-2H3. The predicted molar refractivity (Wildman–Crippen MR) is 80.7 cm³/mol. The van der Waals surface area contributed by atoms with E-state index in [-0.39, 0.29) is 6.04 Å². The van der Waals surface area contributed by atoms with Crippen LogP contribution in [0.15, 0.2) is 35.7 Å². The van der Waals surface area contributed by atoms with E-state index in [1.54, 1.807) is 11.3 Å². The van der Waals surface area contributed by atoms with Gasteiger partial charge in [-0.05, 0) is 43.0 Å². The largest absolute Gasteiger partial charge is 0.303 e. The Morgan fingerprint density at radius 3 is 2.44 bits per heavy atom. The molecule has 0 spiro atoms. The molecule has 0 fully saturated rings. The van der Waals surface area contributed by atoms with Gasteiger partial charge in [-0.25, -0.2) is 0 Å². The van der Waals surface area contributed by atoms with Crippen LogP contribution >= 0.6 is 34.5 Å². The molecule has 18 heavy (non-hydrogen) atoms. The number of thiophene rings is 1. The van der Waals surface area contributed by atoms with Gasteiger partial charge in [0.1, 0.15) is 0 Å². The molecule has 1 heterocycles. The van der Waals surface area contributed by atoms with Crippen molar-refractivity contribution in [2.45, 2.75) is 25.9 Å². The lowest BCUT2D eigenvalue weighted by molar-refractivity contribution is 0.500. The maximum absolute atomic E-state index is 6.04. The molecule has 0 saturated carbocycles. The highest BCUT2D eigenvalue weighted by Crippen LogP contribution is 2.27. The molecule has 0 saturated heterocycles. The second-order valence-corrected chi connectivity index (χ2v) is 6.09. The third kappa shape index (κ3) is 3.27. The minimum atomic E-state index is 0.233. The first-order valence-corrected chi connectivity index (χ1v) is 7.46. The number of hydrogen-bond acceptors (Lipinski definition) is 2. The highest BCUT2D eigenvalue weighted by Gasteiger charge is 2.12. The Balaban J connectivity index is 2.07. The Bertz CT molecular complexity index is 511. The van der Waals surface area contributed by atoms with Gasteiger partial charge in [-0.15, -0.1) is 11.3 Å². The van der Waals surface area contributed by atoms with E-state index in [0.29, 0.717) is 16.1 Å². The first-order valence-electron chi connectivity index (χ1n) is 5.82. The summed E-state index contributed by atoms with van der Waals surface area (Å²) < 4.78 is 0. The molecule has 0 bridgehead atoms. The average Bonchev–Trinajstić information content (AvgIpc) is 2.86. The normalized spacial score (nSPS) is 14.4. The summed E-state index contributed by atoms with van der Waals surface area (Å²) in [4.78, 5) is 1.34. The van der Waals surface area contributed by atoms with Gasteiger partial charge >= 0.3 is 0 Å². The maximum Gasteiger partial charge on any atom is 0.0595 e. The second kappa shape index (κ2) is 6.07. The van der Waals surface area contributed by atoms with Crippen LogP contribution < -0.4 is 5.32 Å². The van der Waals surface area contributed by atoms with Gasteiger partial charge in [0.25, 0.3) is 0 Å². The van der Waals surface area contributed by atoms with Gasteiger partial charge in [0.15, 0.2) is 0 Å². The van der Waals surface area contributed by atoms with Gasteiger partial charge in [0, 0.05) is 17.0 Å². The molecule has 1 nitrogen and oxygen atoms in total. The van der Waals surface area contributed by atoms with Crippen molar-refractivity contribution in [1.82, 2.24) is 5.32 Å². The van der Waals surface area contributed by atoms with Crippen LogP contribution in [0.5, 0.6) is 0 Å². The number of halogens is 2. The lowest BCUT2D eigenvalue weighted by Gasteiger charge is -2.20. The molecule has 2 atom stereocenters. The highest BCUT2D eigenvalue weighted by molar-refractivity contribution is 7.10. The van der Waals surface area contributed by atoms with Crippen molar-refractivity contribution in [3.05, 3.63) is 56.2 Å². The van der Waals surface area contributed by atoms with Crippen molar-refractivity contribution in [3.63, 3.8) is 0 Å². The monoisotopic (exact) mass is 299 g/mol. The molecule has 0 aliphatic rings. The maximum atomic E-state index is 6.04. The van der Waals surface area contributed by atoms with Gasteiger partial charge in [-0.3, -0.25) is 0 Å². The zero-order chi connectivity index (χ0) is 13.1. The van der Waals surface area contributed by atoms with Crippen LogP contribution in [0.1, 0.15) is 36.4 Å². The highest BCUT2D eigenvalue weighted by atomic mass is 35.5. The summed E-state index contributed by atoms with van der Waals surface area (Å²) in [7, 11) is 0. The Labute approximate surface area is 122 Å². The van der Waals surface area contributed by atoms with Crippen molar-refractivity contribution >= 4 is 34.5 Å². The van der Waals surface area contributed by atoms with E-state index >= 15 is 0 Å². The summed E-state index contributed by atoms with van der Waals surface area (Å²) in [5, 5.41) is 6.85. The molecule has 1 aromatic heterocycles. The van der Waals surface area contributed by atoms with Crippen molar-refractivity contribution in [2.24, 2.45) is 0 Å². The van der Waals surface area contributed by atoms with E-state index in [0.717, 1.165) is 5.56 Å². The van der Waals surface area contributed by atoms with Gasteiger partial charge in [-0.1, -0.05) is 35.3 Å². The molecule has 2 aromatic rings. The van der Waals surface area contributed by atoms with Crippen LogP contribution in [0.4, 0.5) is 0 Å². The minimum absolute atomic E-state index is 0.233. The van der Waals surface area contributed by atoms with Crippen molar-refractivity contribution < 1.29 is 0 Å². The predicted octanol–water partition coefficient (Wildman–Crippen LogP) is 5.47. The summed E-state index contributed by atoms with van der Waals surface area (Å²) in [6.45, 7) is 4.30. The van der Waals surface area contributed by atoms with Crippen molar-refractivity contribution in [1.29, 1.82) is 0 Å². The SMILES string of the molecule is CC(NC(C)c1cccs1)c1ccc(Cl)c(Cl)c1. The summed E-state index contributed by atoms with van der Waals surface area (Å²) in [6.07, 6.45) is 0. The molecule has 4 heteroatoms. The fourth-order valence-electron chi connectivity index (χ4n) is 1.87. The van der Waals surface area contributed by atoms with Crippen LogP contribution in [-0.2, 0) is 0 Å². The van der Waals surface area contributed by atoms with E-state index in [2.05, 4.69) is 36.7 Å². The molecule has 96 valence electrons. The van der Waals surface area contributed by atoms with Crippen LogP contribution in [0.25, 0.3) is 0 Å². The molecule has 0 radical (unpaired) electrons. The van der Waals surface area contributed by atoms with E-state index in [4.69, 9.17) is 23.2 Å². The number of nitrogens with one attached hydrogen (secondary N) is 1. The third-order valence-electron chi connectivity index (χ3n) is 2.91. The lowest BCUT2D eigenvalue weighted by atomic mass is 10.1. The smallest absolute Gasteiger partial charge is 0.0595 e. The van der Waals surface area contributed by atoms with Gasteiger partial charge in [-0.2, -0.15) is 0 Å². The Kier molecular flexibility index (Phi) is 4.68. The average molecular weight is 300 g/mol. The molecule has 1 N–H and O–H groups in total. The first-order chi connectivity index (χ1) is 8.58. The quantitative estimate of drug-likeness (QED) is 0.789. The summed E-state index contributed by atoms with van der Waals surface area (Å²) in [5.74, 6) is 0. The number of rotatable bonds is 4. The first kappa shape index (κ1) is 13.9. The molecule has 0 aliphatic carbocycles. The summed E-state index contributed by atoms with van der Waals surface area (Å²) in [6, 6.07) is 10.5. The molecular formula is C14H15Cl2NS. The van der Waals surface area contributed by atoms with E-state index in [1.165, 1.54) is 4.88 Å². The molecule has 0 amide bonds. The molecule has 0 aliphatic heterocycles. The zero-order valence-corrected chi connectivity index (χ0v) is 12.6. The summed E-state index contributed by atoms with van der Waals surface area (Å²) >= 11 is 13.7. The molecule has 1 aromatic carbocycles. The van der Waals surface area contributed by atoms with Crippen LogP contribution in [0.2, 0.25) is 10.0 Å². The summed E-state index contributed by atoms with van der Waals surface area (Å²) in [5.41, 5.74) is 1.15. The van der Waals surface area contributed by atoms with Crippen LogP contribution in [-0.4, -0.2) is 0 Å². The van der Waals surface area contributed by atoms with Gasteiger partial charge in [0.05, 0.1) is 10.0 Å². The number of benzene rings is 1. The fraction of sp³-hybridized carbons (Fsp3) is 0.286. The third-order valence-corrected chi connectivity index (χ3v) is 4.71. The van der Waals surface area contributed by atoms with Crippen LogP contribution in [0.3, 0.4) is 0 Å². The number of hydrogen-bond donors (Lipinski definition) is 1. The van der Waals surface area contributed by atoms with Gasteiger partial charge < -0.3 is 5.32 Å².